The molecule has 1 atom stereocenters. The van der Waals surface area contributed by atoms with Gasteiger partial charge in [0.15, 0.2) is 4.80 Å². The molecule has 0 spiro atoms. The minimum absolute atomic E-state index is 0.195. The third-order valence-corrected chi connectivity index (χ3v) is 9.88. The van der Waals surface area contributed by atoms with Crippen LogP contribution in [-0.4, -0.2) is 17.1 Å². The molecule has 5 aromatic rings. The second-order valence-corrected chi connectivity index (χ2v) is 14.1. The first-order chi connectivity index (χ1) is 21.8. The Labute approximate surface area is 294 Å². The molecular formula is C35H25Br2IN2O4S. The zero-order valence-corrected chi connectivity index (χ0v) is 30.0. The van der Waals surface area contributed by atoms with E-state index in [-0.39, 0.29) is 12.2 Å². The minimum Gasteiger partial charge on any atom is -0.487 e. The molecule has 0 saturated carbocycles. The Hall–Kier alpha value is -3.32. The number of hydrogen-bond donors (Lipinski definition) is 0. The van der Waals surface area contributed by atoms with Crippen LogP contribution in [0, 0.1) is 3.57 Å². The molecule has 4 aromatic carbocycles. The molecular weight excluding hydrogens is 831 g/mol. The van der Waals surface area contributed by atoms with Crippen LogP contribution >= 0.6 is 65.8 Å². The van der Waals surface area contributed by atoms with E-state index in [0.29, 0.717) is 33.0 Å². The van der Waals surface area contributed by atoms with Crippen molar-refractivity contribution in [2.24, 2.45) is 4.99 Å². The second kappa shape index (κ2) is 14.0. The maximum absolute atomic E-state index is 14.3. The molecule has 0 radical (unpaired) electrons. The molecule has 6 rings (SSSR count). The number of fused-ring (bicyclic) bond motifs is 1. The van der Waals surface area contributed by atoms with Gasteiger partial charge in [-0.1, -0.05) is 116 Å². The van der Waals surface area contributed by atoms with E-state index in [4.69, 9.17) is 14.5 Å². The highest BCUT2D eigenvalue weighted by molar-refractivity contribution is 14.1. The van der Waals surface area contributed by atoms with Crippen molar-refractivity contribution < 1.29 is 14.3 Å². The maximum Gasteiger partial charge on any atom is 0.338 e. The Morgan fingerprint density at radius 2 is 1.67 bits per heavy atom. The van der Waals surface area contributed by atoms with Crippen molar-refractivity contribution in [1.82, 2.24) is 4.57 Å². The Kier molecular flexibility index (Phi) is 9.84. The van der Waals surface area contributed by atoms with Gasteiger partial charge in [-0.3, -0.25) is 9.36 Å². The van der Waals surface area contributed by atoms with Crippen molar-refractivity contribution in [3.8, 4) is 5.75 Å². The summed E-state index contributed by atoms with van der Waals surface area (Å²) >= 11 is 10.6. The van der Waals surface area contributed by atoms with E-state index in [9.17, 15) is 9.59 Å². The van der Waals surface area contributed by atoms with Crippen molar-refractivity contribution in [3.63, 3.8) is 0 Å². The van der Waals surface area contributed by atoms with Gasteiger partial charge in [-0.2, -0.15) is 0 Å². The van der Waals surface area contributed by atoms with Crippen LogP contribution in [0.1, 0.15) is 35.2 Å². The number of nitrogens with zero attached hydrogens (tertiary/aromatic N) is 2. The second-order valence-electron chi connectivity index (χ2n) is 10.1. The summed E-state index contributed by atoms with van der Waals surface area (Å²) < 4.78 is 16.7. The number of carbonyl (C=O) groups is 1. The number of carbonyl (C=O) groups excluding carboxylic acids is 1. The Balaban J connectivity index is 1.54. The summed E-state index contributed by atoms with van der Waals surface area (Å²) in [5.74, 6) is 0.165. The van der Waals surface area contributed by atoms with Crippen LogP contribution in [0.2, 0.25) is 0 Å². The van der Waals surface area contributed by atoms with E-state index >= 15 is 0 Å². The smallest absolute Gasteiger partial charge is 0.338 e. The lowest BCUT2D eigenvalue weighted by atomic mass is 9.93. The average molecular weight is 856 g/mol. The molecule has 226 valence electrons. The monoisotopic (exact) mass is 854 g/mol. The SMILES string of the molecule is CCOC(=O)C1=C(c2ccccc2)N=c2s/c(=C\c3cc(Br)cc(I)c3OCc3ccc(Br)cc3)c(=O)n2[C@@H]1c1ccccc1. The zero-order valence-electron chi connectivity index (χ0n) is 23.9. The first kappa shape index (κ1) is 31.7. The van der Waals surface area contributed by atoms with Crippen LogP contribution in [0.15, 0.2) is 121 Å². The Morgan fingerprint density at radius 1 is 0.978 bits per heavy atom. The van der Waals surface area contributed by atoms with Crippen LogP contribution in [0.4, 0.5) is 0 Å². The van der Waals surface area contributed by atoms with Crippen LogP contribution in [0.3, 0.4) is 0 Å². The number of esters is 1. The molecule has 0 bridgehead atoms. The predicted octanol–water partition coefficient (Wildman–Crippen LogP) is 7.64. The summed E-state index contributed by atoms with van der Waals surface area (Å²) in [5.41, 5.74) is 3.88. The summed E-state index contributed by atoms with van der Waals surface area (Å²) in [6.45, 7) is 2.33. The number of thiazole rings is 1. The highest BCUT2D eigenvalue weighted by atomic mass is 127. The Morgan fingerprint density at radius 3 is 2.36 bits per heavy atom. The van der Waals surface area contributed by atoms with Gasteiger partial charge in [-0.25, -0.2) is 9.79 Å². The van der Waals surface area contributed by atoms with Gasteiger partial charge in [0.25, 0.3) is 5.56 Å². The fourth-order valence-electron chi connectivity index (χ4n) is 5.11. The number of halogens is 3. The zero-order chi connectivity index (χ0) is 31.5. The summed E-state index contributed by atoms with van der Waals surface area (Å²) in [5, 5.41) is 0. The standard InChI is InChI=1S/C35H25Br2IN2O4S/c1-2-43-34(42)29-30(22-9-5-3-6-10-22)39-35-40(31(29)23-11-7-4-8-12-23)33(41)28(45-35)18-24-17-26(37)19-27(38)32(24)44-20-21-13-15-25(36)16-14-21/h3-19,31H,2,20H2,1H3/b28-18-/t31-/m1/s1. The first-order valence-electron chi connectivity index (χ1n) is 14.0. The van der Waals surface area contributed by atoms with Gasteiger partial charge < -0.3 is 9.47 Å². The molecule has 0 unspecified atom stereocenters. The van der Waals surface area contributed by atoms with Crippen LogP contribution in [0.5, 0.6) is 5.75 Å². The van der Waals surface area contributed by atoms with E-state index in [0.717, 1.165) is 34.8 Å². The van der Waals surface area contributed by atoms with Gasteiger partial charge in [-0.15, -0.1) is 0 Å². The van der Waals surface area contributed by atoms with Gasteiger partial charge in [0.05, 0.1) is 32.0 Å². The minimum atomic E-state index is -0.727. The van der Waals surface area contributed by atoms with Crippen LogP contribution < -0.4 is 19.6 Å². The third kappa shape index (κ3) is 6.79. The number of hydrogen-bond acceptors (Lipinski definition) is 6. The van der Waals surface area contributed by atoms with Crippen molar-refractivity contribution in [2.45, 2.75) is 19.6 Å². The fourth-order valence-corrected chi connectivity index (χ4v) is 8.07. The largest absolute Gasteiger partial charge is 0.487 e. The summed E-state index contributed by atoms with van der Waals surface area (Å²) in [4.78, 5) is 33.4. The van der Waals surface area contributed by atoms with E-state index in [1.807, 2.05) is 103 Å². The Bertz CT molecular complexity index is 2090. The van der Waals surface area contributed by atoms with Gasteiger partial charge in [0.2, 0.25) is 0 Å². The molecule has 0 amide bonds. The number of benzene rings is 4. The number of rotatable bonds is 8. The molecule has 0 saturated heterocycles. The predicted molar refractivity (Wildman–Crippen MR) is 193 cm³/mol. The summed E-state index contributed by atoms with van der Waals surface area (Å²) in [7, 11) is 0. The number of ether oxygens (including phenoxy) is 2. The maximum atomic E-state index is 14.3. The molecule has 0 fully saturated rings. The van der Waals surface area contributed by atoms with E-state index < -0.39 is 12.0 Å². The van der Waals surface area contributed by atoms with Crippen LogP contribution in [-0.2, 0) is 16.1 Å². The average Bonchev–Trinajstić information content (AvgIpc) is 3.35. The molecule has 1 aliphatic rings. The van der Waals surface area contributed by atoms with Crippen LogP contribution in [0.25, 0.3) is 11.8 Å². The van der Waals surface area contributed by atoms with Crippen molar-refractivity contribution >= 4 is 83.5 Å². The van der Waals surface area contributed by atoms with Crippen molar-refractivity contribution in [2.75, 3.05) is 6.61 Å². The molecule has 2 heterocycles. The molecule has 0 N–H and O–H groups in total. The van der Waals surface area contributed by atoms with Gasteiger partial charge >= 0.3 is 5.97 Å². The summed E-state index contributed by atoms with van der Waals surface area (Å²) in [6.07, 6.45) is 1.84. The van der Waals surface area contributed by atoms with Gasteiger partial charge in [0.1, 0.15) is 12.4 Å². The molecule has 6 nitrogen and oxygen atoms in total. The molecule has 1 aromatic heterocycles. The molecule has 1 aliphatic heterocycles. The lowest BCUT2D eigenvalue weighted by Gasteiger charge is -2.25. The van der Waals surface area contributed by atoms with E-state index in [1.54, 1.807) is 11.5 Å². The first-order valence-corrected chi connectivity index (χ1v) is 17.5. The highest BCUT2D eigenvalue weighted by Crippen LogP contribution is 2.35. The van der Waals surface area contributed by atoms with E-state index in [1.165, 1.54) is 11.3 Å². The van der Waals surface area contributed by atoms with E-state index in [2.05, 4.69) is 54.5 Å². The van der Waals surface area contributed by atoms with Gasteiger partial charge in [0, 0.05) is 20.1 Å². The topological polar surface area (TPSA) is 69.9 Å². The van der Waals surface area contributed by atoms with Gasteiger partial charge in [-0.05, 0) is 71.0 Å². The summed E-state index contributed by atoms with van der Waals surface area (Å²) in [6, 6.07) is 30.2. The van der Waals surface area contributed by atoms with Crippen molar-refractivity contribution in [3.05, 3.63) is 157 Å². The highest BCUT2D eigenvalue weighted by Gasteiger charge is 2.35. The molecule has 10 heteroatoms. The molecule has 0 aliphatic carbocycles. The van der Waals surface area contributed by atoms with Crippen molar-refractivity contribution in [1.29, 1.82) is 0 Å². The number of aromatic nitrogens is 1. The lowest BCUT2D eigenvalue weighted by Crippen LogP contribution is -2.40. The lowest BCUT2D eigenvalue weighted by molar-refractivity contribution is -0.138. The normalized spacial score (nSPS) is 14.6. The quantitative estimate of drug-likeness (QED) is 0.119. The third-order valence-electron chi connectivity index (χ3n) is 7.11. The molecule has 45 heavy (non-hydrogen) atoms. The fraction of sp³-hybridized carbons (Fsp3) is 0.114.